The zero-order chi connectivity index (χ0) is 22.8. The van der Waals surface area contributed by atoms with E-state index in [2.05, 4.69) is 0 Å². The van der Waals surface area contributed by atoms with Gasteiger partial charge in [0.15, 0.2) is 0 Å². The van der Waals surface area contributed by atoms with E-state index in [1.165, 1.54) is 0 Å². The minimum absolute atomic E-state index is 0.380. The molecule has 8 heteroatoms. The lowest BCUT2D eigenvalue weighted by Crippen LogP contribution is -2.24. The van der Waals surface area contributed by atoms with Gasteiger partial charge in [-0.2, -0.15) is 18.4 Å². The Balaban J connectivity index is 1.68. The molecule has 4 atom stereocenters. The van der Waals surface area contributed by atoms with Crippen LogP contribution in [0.1, 0.15) is 31.9 Å². The molecule has 4 nitrogen and oxygen atoms in total. The number of rotatable bonds is 7. The predicted octanol–water partition coefficient (Wildman–Crippen LogP) is 6.42. The van der Waals surface area contributed by atoms with E-state index in [0.29, 0.717) is 17.1 Å². The lowest BCUT2D eigenvalue weighted by Gasteiger charge is -2.14. The van der Waals surface area contributed by atoms with Gasteiger partial charge in [0, 0.05) is 5.56 Å². The Morgan fingerprint density at radius 3 is 2.42 bits per heavy atom. The molecular weight excluding hydrogens is 431 g/mol. The molecule has 1 fully saturated rings. The van der Waals surface area contributed by atoms with Crippen LogP contribution in [0.2, 0.25) is 0 Å². The molecule has 0 amide bonds. The third-order valence-electron chi connectivity index (χ3n) is 5.61. The number of carbonyl (C=O) groups is 1. The normalized spacial score (nSPS) is 21.5. The smallest absolute Gasteiger partial charge is 0.404 e. The second-order valence-electron chi connectivity index (χ2n) is 8.08. The van der Waals surface area contributed by atoms with Gasteiger partial charge in [-0.3, -0.25) is 4.79 Å². The number of esters is 1. The van der Waals surface area contributed by atoms with Gasteiger partial charge in [0.1, 0.15) is 22.9 Å². The highest BCUT2D eigenvalue weighted by atomic mass is 35.5. The molecule has 0 saturated heterocycles. The van der Waals surface area contributed by atoms with Crippen molar-refractivity contribution in [1.82, 2.24) is 0 Å². The van der Waals surface area contributed by atoms with E-state index in [0.717, 1.165) is 0 Å². The fraction of sp³-hybridized carbons (Fsp3) is 0.391. The largest absolute Gasteiger partial charge is 0.457 e. The zero-order valence-corrected chi connectivity index (χ0v) is 17.7. The van der Waals surface area contributed by atoms with E-state index in [9.17, 15) is 23.2 Å². The second kappa shape index (κ2) is 8.80. The monoisotopic (exact) mass is 451 g/mol. The third kappa shape index (κ3) is 5.31. The summed E-state index contributed by atoms with van der Waals surface area (Å²) >= 11 is 5.46. The van der Waals surface area contributed by atoms with Crippen molar-refractivity contribution in [2.75, 3.05) is 0 Å². The molecule has 4 unspecified atom stereocenters. The highest BCUT2D eigenvalue weighted by Crippen LogP contribution is 2.62. The maximum Gasteiger partial charge on any atom is 0.404 e. The Kier molecular flexibility index (Phi) is 6.51. The van der Waals surface area contributed by atoms with Gasteiger partial charge >= 0.3 is 12.1 Å². The molecule has 1 aliphatic rings. The van der Waals surface area contributed by atoms with Gasteiger partial charge in [0.25, 0.3) is 0 Å². The fourth-order valence-corrected chi connectivity index (χ4v) is 3.92. The molecule has 1 saturated carbocycles. The van der Waals surface area contributed by atoms with Crippen LogP contribution in [-0.2, 0) is 9.53 Å². The Morgan fingerprint density at radius 2 is 1.81 bits per heavy atom. The first-order valence-electron chi connectivity index (χ1n) is 9.67. The van der Waals surface area contributed by atoms with Gasteiger partial charge in [-0.25, -0.2) is 0 Å². The van der Waals surface area contributed by atoms with E-state index in [4.69, 9.17) is 21.1 Å². The summed E-state index contributed by atoms with van der Waals surface area (Å²) < 4.78 is 49.5. The van der Waals surface area contributed by atoms with Crippen LogP contribution in [0.25, 0.3) is 0 Å². The average Bonchev–Trinajstić information content (AvgIpc) is 3.26. The molecule has 0 bridgehead atoms. The van der Waals surface area contributed by atoms with E-state index < -0.39 is 40.9 Å². The Hall–Kier alpha value is -2.72. The summed E-state index contributed by atoms with van der Waals surface area (Å²) in [4.78, 5) is 12.7. The number of ether oxygens (including phenoxy) is 2. The topological polar surface area (TPSA) is 59.3 Å². The molecule has 3 rings (SSSR count). The summed E-state index contributed by atoms with van der Waals surface area (Å²) in [6, 6.07) is 17.5. The minimum Gasteiger partial charge on any atom is -0.457 e. The van der Waals surface area contributed by atoms with Gasteiger partial charge in [-0.15, -0.1) is 11.6 Å². The molecule has 2 aromatic rings. The lowest BCUT2D eigenvalue weighted by molar-refractivity contribution is -0.150. The van der Waals surface area contributed by atoms with Crippen LogP contribution in [0.3, 0.4) is 0 Å². The molecule has 0 aromatic heterocycles. The molecule has 1 aliphatic carbocycles. The maximum atomic E-state index is 12.8. The molecule has 0 N–H and O–H groups in total. The van der Waals surface area contributed by atoms with Crippen molar-refractivity contribution in [1.29, 1.82) is 5.26 Å². The van der Waals surface area contributed by atoms with Crippen molar-refractivity contribution >= 4 is 17.6 Å². The van der Waals surface area contributed by atoms with E-state index in [1.54, 1.807) is 50.2 Å². The molecular formula is C23H21ClF3NO3. The van der Waals surface area contributed by atoms with Crippen LogP contribution >= 0.6 is 11.6 Å². The number of alkyl halides is 4. The highest BCUT2D eigenvalue weighted by Gasteiger charge is 2.64. The average molecular weight is 452 g/mol. The molecule has 2 aromatic carbocycles. The van der Waals surface area contributed by atoms with Crippen molar-refractivity contribution in [2.45, 2.75) is 37.9 Å². The fourth-order valence-electron chi connectivity index (χ4n) is 3.73. The van der Waals surface area contributed by atoms with Gasteiger partial charge in [0.2, 0.25) is 6.10 Å². The van der Waals surface area contributed by atoms with Crippen molar-refractivity contribution in [2.24, 2.45) is 17.3 Å². The van der Waals surface area contributed by atoms with E-state index >= 15 is 0 Å². The summed E-state index contributed by atoms with van der Waals surface area (Å²) in [6.07, 6.45) is -6.13. The highest BCUT2D eigenvalue weighted by molar-refractivity contribution is 6.21. The summed E-state index contributed by atoms with van der Waals surface area (Å²) in [5.41, 5.74) is -0.280. The SMILES string of the molecule is CC1(C)C(CC(Cl)C(F)(F)F)C1C(=O)OC(C#N)c1cccc(Oc2ccccc2)c1. The summed E-state index contributed by atoms with van der Waals surface area (Å²) in [6.45, 7) is 3.39. The maximum absolute atomic E-state index is 12.8. The molecule has 164 valence electrons. The van der Waals surface area contributed by atoms with Gasteiger partial charge in [-0.1, -0.05) is 44.2 Å². The second-order valence-corrected chi connectivity index (χ2v) is 8.61. The van der Waals surface area contributed by atoms with Crippen LogP contribution < -0.4 is 4.74 Å². The predicted molar refractivity (Wildman–Crippen MR) is 108 cm³/mol. The number of halogens is 4. The standard InChI is InChI=1S/C23H21ClF3NO3/c1-22(2)17(12-19(24)23(25,26)27)20(22)21(29)31-18(13-28)14-7-6-10-16(11-14)30-15-8-4-3-5-9-15/h3-11,17-20H,12H2,1-2H3. The number of hydrogen-bond donors (Lipinski definition) is 0. The quantitative estimate of drug-likeness (QED) is 0.360. The van der Waals surface area contributed by atoms with Crippen LogP contribution in [0.15, 0.2) is 54.6 Å². The summed E-state index contributed by atoms with van der Waals surface area (Å²) in [5, 5.41) is 7.49. The molecule has 0 aliphatic heterocycles. The number of para-hydroxylation sites is 1. The number of carbonyl (C=O) groups excluding carboxylic acids is 1. The Labute approximate surface area is 183 Å². The van der Waals surface area contributed by atoms with Gasteiger partial charge in [0.05, 0.1) is 5.92 Å². The van der Waals surface area contributed by atoms with Crippen LogP contribution in [0, 0.1) is 28.6 Å². The Morgan fingerprint density at radius 1 is 1.16 bits per heavy atom. The number of benzene rings is 2. The first kappa shape index (κ1) is 23.0. The zero-order valence-electron chi connectivity index (χ0n) is 16.9. The van der Waals surface area contributed by atoms with Crippen molar-refractivity contribution in [3.8, 4) is 17.6 Å². The van der Waals surface area contributed by atoms with Crippen molar-refractivity contribution < 1.29 is 27.4 Å². The minimum atomic E-state index is -4.54. The van der Waals surface area contributed by atoms with Crippen molar-refractivity contribution in [3.63, 3.8) is 0 Å². The summed E-state index contributed by atoms with van der Waals surface area (Å²) in [5.74, 6) is -0.971. The van der Waals surface area contributed by atoms with Crippen LogP contribution in [0.5, 0.6) is 11.5 Å². The molecule has 0 spiro atoms. The number of nitrogens with zero attached hydrogens (tertiary/aromatic N) is 1. The first-order chi connectivity index (χ1) is 14.5. The van der Waals surface area contributed by atoms with Crippen LogP contribution in [-0.4, -0.2) is 17.5 Å². The van der Waals surface area contributed by atoms with Crippen LogP contribution in [0.4, 0.5) is 13.2 Å². The van der Waals surface area contributed by atoms with Crippen molar-refractivity contribution in [3.05, 3.63) is 60.2 Å². The number of hydrogen-bond acceptors (Lipinski definition) is 4. The number of nitriles is 1. The third-order valence-corrected chi connectivity index (χ3v) is 6.04. The summed E-state index contributed by atoms with van der Waals surface area (Å²) in [7, 11) is 0. The molecule has 0 heterocycles. The van der Waals surface area contributed by atoms with E-state index in [1.807, 2.05) is 24.3 Å². The van der Waals surface area contributed by atoms with Gasteiger partial charge < -0.3 is 9.47 Å². The van der Waals surface area contributed by atoms with Gasteiger partial charge in [-0.05, 0) is 42.0 Å². The Bertz CT molecular complexity index is 972. The lowest BCUT2D eigenvalue weighted by atomic mass is 10.1. The van der Waals surface area contributed by atoms with E-state index in [-0.39, 0.29) is 6.42 Å². The first-order valence-corrected chi connectivity index (χ1v) is 10.1. The molecule has 31 heavy (non-hydrogen) atoms. The molecule has 0 radical (unpaired) electrons.